The Morgan fingerprint density at radius 2 is 2.17 bits per heavy atom. The van der Waals surface area contributed by atoms with Crippen LogP contribution in [0.5, 0.6) is 0 Å². The number of amides is 1. The van der Waals surface area contributed by atoms with Crippen LogP contribution in [0.15, 0.2) is 5.38 Å². The molecule has 23 heavy (non-hydrogen) atoms. The third-order valence-corrected chi connectivity index (χ3v) is 3.99. The molecule has 7 nitrogen and oxygen atoms in total. The summed E-state index contributed by atoms with van der Waals surface area (Å²) < 4.78 is 15.1. The molecule has 2 rings (SSSR count). The van der Waals surface area contributed by atoms with Gasteiger partial charge in [0.15, 0.2) is 0 Å². The number of ether oxygens (including phenoxy) is 2. The predicted octanol–water partition coefficient (Wildman–Crippen LogP) is 2.04. The van der Waals surface area contributed by atoms with Crippen molar-refractivity contribution in [3.8, 4) is 0 Å². The Balaban J connectivity index is 1.55. The van der Waals surface area contributed by atoms with Crippen molar-refractivity contribution >= 4 is 17.6 Å². The summed E-state index contributed by atoms with van der Waals surface area (Å²) in [5.41, 5.74) is 0.517. The van der Waals surface area contributed by atoms with Crippen LogP contribution in [-0.2, 0) is 16.0 Å². The van der Waals surface area contributed by atoms with Gasteiger partial charge in [-0.25, -0.2) is 4.79 Å². The lowest BCUT2D eigenvalue weighted by molar-refractivity contribution is -0.0105. The van der Waals surface area contributed by atoms with Gasteiger partial charge in [0.1, 0.15) is 5.60 Å². The second-order valence-electron chi connectivity index (χ2n) is 6.61. The van der Waals surface area contributed by atoms with Gasteiger partial charge in [-0.05, 0) is 45.1 Å². The third-order valence-electron chi connectivity index (χ3n) is 3.44. The summed E-state index contributed by atoms with van der Waals surface area (Å²) >= 11 is 1.36. The van der Waals surface area contributed by atoms with Crippen molar-refractivity contribution in [1.82, 2.24) is 19.8 Å². The zero-order valence-corrected chi connectivity index (χ0v) is 14.9. The van der Waals surface area contributed by atoms with E-state index in [0.29, 0.717) is 19.7 Å². The molecule has 1 aromatic heterocycles. The smallest absolute Gasteiger partial charge is 0.410 e. The molecule has 0 radical (unpaired) electrons. The highest BCUT2D eigenvalue weighted by molar-refractivity contribution is 7.03. The Bertz CT molecular complexity index is 468. The van der Waals surface area contributed by atoms with Crippen LogP contribution in [0.25, 0.3) is 0 Å². The maximum Gasteiger partial charge on any atom is 0.410 e. The first kappa shape index (κ1) is 18.1. The van der Waals surface area contributed by atoms with Crippen LogP contribution < -0.4 is 5.32 Å². The topological polar surface area (TPSA) is 76.6 Å². The molecule has 1 saturated heterocycles. The summed E-state index contributed by atoms with van der Waals surface area (Å²) in [7, 11) is 0. The molecule has 0 aliphatic carbocycles. The van der Waals surface area contributed by atoms with E-state index in [9.17, 15) is 4.79 Å². The van der Waals surface area contributed by atoms with E-state index in [-0.39, 0.29) is 12.2 Å². The largest absolute Gasteiger partial charge is 0.444 e. The summed E-state index contributed by atoms with van der Waals surface area (Å²) in [6.45, 7) is 9.20. The molecular weight excluding hydrogens is 316 g/mol. The number of aromatic nitrogens is 2. The first-order valence-electron chi connectivity index (χ1n) is 8.00. The maximum atomic E-state index is 12.0. The number of hydrogen-bond acceptors (Lipinski definition) is 7. The summed E-state index contributed by atoms with van der Waals surface area (Å²) in [6, 6.07) is 0. The van der Waals surface area contributed by atoms with Gasteiger partial charge in [0, 0.05) is 31.6 Å². The monoisotopic (exact) mass is 342 g/mol. The van der Waals surface area contributed by atoms with E-state index in [1.807, 2.05) is 26.2 Å². The molecule has 1 aliphatic heterocycles. The average molecular weight is 342 g/mol. The Labute approximate surface area is 141 Å². The van der Waals surface area contributed by atoms with Crippen molar-refractivity contribution in [2.24, 2.45) is 0 Å². The lowest BCUT2D eigenvalue weighted by Gasteiger charge is -2.33. The van der Waals surface area contributed by atoms with Crippen LogP contribution in [0.3, 0.4) is 0 Å². The molecule has 0 atom stereocenters. The molecule has 2 heterocycles. The number of piperidine rings is 1. The van der Waals surface area contributed by atoms with Gasteiger partial charge in [-0.15, -0.1) is 5.10 Å². The normalized spacial score (nSPS) is 16.6. The van der Waals surface area contributed by atoms with E-state index >= 15 is 0 Å². The minimum Gasteiger partial charge on any atom is -0.444 e. The van der Waals surface area contributed by atoms with E-state index in [1.165, 1.54) is 11.5 Å². The van der Waals surface area contributed by atoms with Gasteiger partial charge < -0.3 is 19.7 Å². The number of rotatable bonds is 6. The van der Waals surface area contributed by atoms with Crippen molar-refractivity contribution in [3.63, 3.8) is 0 Å². The zero-order valence-electron chi connectivity index (χ0n) is 14.1. The number of likely N-dealkylation sites (tertiary alicyclic amines) is 1. The van der Waals surface area contributed by atoms with Crippen LogP contribution >= 0.6 is 11.5 Å². The fourth-order valence-corrected chi connectivity index (χ4v) is 2.76. The molecule has 0 unspecified atom stereocenters. The van der Waals surface area contributed by atoms with Crippen LogP contribution in [0.2, 0.25) is 0 Å². The third kappa shape index (κ3) is 6.80. The molecule has 0 spiro atoms. The Kier molecular flexibility index (Phi) is 6.73. The lowest BCUT2D eigenvalue weighted by Crippen LogP contribution is -2.43. The minimum absolute atomic E-state index is 0.219. The molecule has 0 bridgehead atoms. The lowest BCUT2D eigenvalue weighted by atomic mass is 10.1. The second-order valence-corrected chi connectivity index (χ2v) is 7.22. The summed E-state index contributed by atoms with van der Waals surface area (Å²) in [4.78, 5) is 13.7. The number of carbonyl (C=O) groups excluding carboxylic acids is 1. The fourth-order valence-electron chi connectivity index (χ4n) is 2.31. The van der Waals surface area contributed by atoms with E-state index < -0.39 is 5.60 Å². The molecule has 1 aliphatic rings. The van der Waals surface area contributed by atoms with E-state index in [4.69, 9.17) is 9.47 Å². The van der Waals surface area contributed by atoms with Crippen molar-refractivity contribution < 1.29 is 14.3 Å². The number of carbonyl (C=O) groups is 1. The van der Waals surface area contributed by atoms with Gasteiger partial charge in [-0.1, -0.05) is 4.49 Å². The van der Waals surface area contributed by atoms with Gasteiger partial charge in [0.05, 0.1) is 18.4 Å². The quantitative estimate of drug-likeness (QED) is 0.797. The second kappa shape index (κ2) is 8.56. The molecular formula is C15H26N4O3S. The summed E-state index contributed by atoms with van der Waals surface area (Å²) in [5, 5.41) is 9.18. The highest BCUT2D eigenvalue weighted by Crippen LogP contribution is 2.17. The molecule has 1 fully saturated rings. The molecule has 1 amide bonds. The van der Waals surface area contributed by atoms with E-state index in [2.05, 4.69) is 14.9 Å². The SMILES string of the molecule is CC(C)(C)OC(=O)N1CCC(OCCNCc2csnn2)CC1. The van der Waals surface area contributed by atoms with Gasteiger partial charge in [-0.2, -0.15) is 0 Å². The van der Waals surface area contributed by atoms with Crippen molar-refractivity contribution in [1.29, 1.82) is 0 Å². The highest BCUT2D eigenvalue weighted by Gasteiger charge is 2.26. The predicted molar refractivity (Wildman–Crippen MR) is 88.4 cm³/mol. The molecule has 0 aromatic carbocycles. The van der Waals surface area contributed by atoms with Gasteiger partial charge in [0.2, 0.25) is 0 Å². The first-order chi connectivity index (χ1) is 10.9. The average Bonchev–Trinajstić information content (AvgIpc) is 2.99. The van der Waals surface area contributed by atoms with Crippen molar-refractivity contribution in [2.45, 2.75) is 51.9 Å². The molecule has 1 N–H and O–H groups in total. The zero-order chi connectivity index (χ0) is 16.7. The number of nitrogens with zero attached hydrogens (tertiary/aromatic N) is 3. The molecule has 0 saturated carbocycles. The standard InChI is InChI=1S/C15H26N4O3S/c1-15(2,3)22-14(20)19-7-4-13(5-8-19)21-9-6-16-10-12-11-23-18-17-12/h11,13,16H,4-10H2,1-3H3. The fraction of sp³-hybridized carbons (Fsp3) is 0.800. The van der Waals surface area contributed by atoms with Gasteiger partial charge in [0.25, 0.3) is 0 Å². The Morgan fingerprint density at radius 3 is 2.78 bits per heavy atom. The van der Waals surface area contributed by atoms with Crippen molar-refractivity contribution in [3.05, 3.63) is 11.1 Å². The highest BCUT2D eigenvalue weighted by atomic mass is 32.1. The minimum atomic E-state index is -0.442. The first-order valence-corrected chi connectivity index (χ1v) is 8.84. The Morgan fingerprint density at radius 1 is 1.43 bits per heavy atom. The summed E-state index contributed by atoms with van der Waals surface area (Å²) in [6.07, 6.45) is 1.70. The van der Waals surface area contributed by atoms with Crippen LogP contribution in [0.1, 0.15) is 39.3 Å². The number of hydrogen-bond donors (Lipinski definition) is 1. The van der Waals surface area contributed by atoms with Crippen molar-refractivity contribution in [2.75, 3.05) is 26.2 Å². The van der Waals surface area contributed by atoms with Gasteiger partial charge >= 0.3 is 6.09 Å². The summed E-state index contributed by atoms with van der Waals surface area (Å²) in [5.74, 6) is 0. The molecule has 130 valence electrons. The van der Waals surface area contributed by atoms with Crippen LogP contribution in [0, 0.1) is 0 Å². The van der Waals surface area contributed by atoms with Crippen LogP contribution in [0.4, 0.5) is 4.79 Å². The van der Waals surface area contributed by atoms with Gasteiger partial charge in [-0.3, -0.25) is 0 Å². The molecule has 8 heteroatoms. The maximum absolute atomic E-state index is 12.0. The van der Waals surface area contributed by atoms with E-state index in [0.717, 1.165) is 31.6 Å². The Hall–Kier alpha value is -1.25. The molecule has 1 aromatic rings. The van der Waals surface area contributed by atoms with E-state index in [1.54, 1.807) is 4.90 Å². The van der Waals surface area contributed by atoms with Crippen LogP contribution in [-0.4, -0.2) is 58.5 Å². The number of nitrogens with one attached hydrogen (secondary N) is 1.